The predicted molar refractivity (Wildman–Crippen MR) is 68.5 cm³/mol. The average Bonchev–Trinajstić information content (AvgIpc) is 2.69. The Morgan fingerprint density at radius 1 is 1.42 bits per heavy atom. The van der Waals surface area contributed by atoms with E-state index in [2.05, 4.69) is 10.5 Å². The first-order valence-electron chi connectivity index (χ1n) is 5.55. The van der Waals surface area contributed by atoms with Gasteiger partial charge in [-0.1, -0.05) is 11.6 Å². The summed E-state index contributed by atoms with van der Waals surface area (Å²) in [6, 6.07) is 1.51. The van der Waals surface area contributed by atoms with Crippen molar-refractivity contribution in [2.24, 2.45) is 12.9 Å². The first-order valence-corrected chi connectivity index (χ1v) is 5.93. The highest BCUT2D eigenvalue weighted by Crippen LogP contribution is 2.32. The molecule has 0 bridgehead atoms. The quantitative estimate of drug-likeness (QED) is 0.517. The maximum absolute atomic E-state index is 13.9. The number of nitrogens with zero attached hydrogens (tertiary/aromatic N) is 2. The minimum atomic E-state index is -1.02. The van der Waals surface area contributed by atoms with Gasteiger partial charge in [-0.25, -0.2) is 14.2 Å². The molecule has 0 aliphatic carbocycles. The molecule has 2 rings (SSSR count). The van der Waals surface area contributed by atoms with Crippen molar-refractivity contribution in [3.8, 4) is 0 Å². The Balaban J connectivity index is 2.61. The van der Waals surface area contributed by atoms with Crippen molar-refractivity contribution in [2.45, 2.75) is 13.0 Å². The molecule has 0 radical (unpaired) electrons. The standard InChI is InChI=1S/C12H13ClF2N4/c1-6-7(5-19(2)18-6)12(17-16)10-8(13)3-4-9(14)11(10)15/h3-5,12,17H,16H2,1-2H3. The number of hydrazine groups is 1. The lowest BCUT2D eigenvalue weighted by Crippen LogP contribution is -2.30. The monoisotopic (exact) mass is 286 g/mol. The van der Waals surface area contributed by atoms with Crippen LogP contribution in [0.4, 0.5) is 8.78 Å². The summed E-state index contributed by atoms with van der Waals surface area (Å²) in [6.45, 7) is 1.75. The summed E-state index contributed by atoms with van der Waals surface area (Å²) < 4.78 is 28.9. The minimum Gasteiger partial charge on any atom is -0.275 e. The normalized spacial score (nSPS) is 12.7. The number of benzene rings is 1. The van der Waals surface area contributed by atoms with Gasteiger partial charge in [0.25, 0.3) is 0 Å². The molecular formula is C12H13ClF2N4. The molecule has 1 heterocycles. The second kappa shape index (κ2) is 5.24. The van der Waals surface area contributed by atoms with Gasteiger partial charge in [0.2, 0.25) is 0 Å². The Bertz CT molecular complexity index is 612. The van der Waals surface area contributed by atoms with Gasteiger partial charge in [0.05, 0.1) is 11.7 Å². The van der Waals surface area contributed by atoms with Gasteiger partial charge in [-0.05, 0) is 19.1 Å². The molecular weight excluding hydrogens is 274 g/mol. The molecule has 1 unspecified atom stereocenters. The van der Waals surface area contributed by atoms with E-state index in [4.69, 9.17) is 17.4 Å². The molecule has 0 saturated carbocycles. The fourth-order valence-corrected chi connectivity index (χ4v) is 2.29. The van der Waals surface area contributed by atoms with Crippen LogP contribution in [-0.2, 0) is 7.05 Å². The van der Waals surface area contributed by atoms with Crippen molar-refractivity contribution in [1.82, 2.24) is 15.2 Å². The Labute approximate surface area is 114 Å². The number of aryl methyl sites for hydroxylation is 2. The van der Waals surface area contributed by atoms with E-state index < -0.39 is 17.7 Å². The summed E-state index contributed by atoms with van der Waals surface area (Å²) >= 11 is 5.95. The molecule has 4 nitrogen and oxygen atoms in total. The fraction of sp³-hybridized carbons (Fsp3) is 0.250. The van der Waals surface area contributed by atoms with E-state index in [-0.39, 0.29) is 10.6 Å². The molecule has 2 aromatic rings. The first kappa shape index (κ1) is 13.9. The van der Waals surface area contributed by atoms with Crippen molar-refractivity contribution >= 4 is 11.6 Å². The zero-order chi connectivity index (χ0) is 14.2. The third-order valence-electron chi connectivity index (χ3n) is 2.90. The van der Waals surface area contributed by atoms with Gasteiger partial charge in [-0.3, -0.25) is 10.5 Å². The van der Waals surface area contributed by atoms with Gasteiger partial charge in [-0.2, -0.15) is 5.10 Å². The molecule has 7 heteroatoms. The van der Waals surface area contributed by atoms with Gasteiger partial charge in [0.15, 0.2) is 11.6 Å². The maximum atomic E-state index is 13.9. The van der Waals surface area contributed by atoms with Crippen LogP contribution in [0.5, 0.6) is 0 Å². The second-order valence-electron chi connectivity index (χ2n) is 4.20. The molecule has 0 aliphatic rings. The van der Waals surface area contributed by atoms with Crippen LogP contribution < -0.4 is 11.3 Å². The highest BCUT2D eigenvalue weighted by Gasteiger charge is 2.25. The lowest BCUT2D eigenvalue weighted by Gasteiger charge is -2.18. The van der Waals surface area contributed by atoms with E-state index >= 15 is 0 Å². The van der Waals surface area contributed by atoms with Crippen LogP contribution >= 0.6 is 11.6 Å². The van der Waals surface area contributed by atoms with Crippen LogP contribution in [0.15, 0.2) is 18.3 Å². The topological polar surface area (TPSA) is 55.9 Å². The minimum absolute atomic E-state index is 0.0275. The van der Waals surface area contributed by atoms with Crippen molar-refractivity contribution in [2.75, 3.05) is 0 Å². The zero-order valence-electron chi connectivity index (χ0n) is 10.4. The smallest absolute Gasteiger partial charge is 0.165 e. The molecule has 0 spiro atoms. The highest BCUT2D eigenvalue weighted by molar-refractivity contribution is 6.31. The summed E-state index contributed by atoms with van der Waals surface area (Å²) in [5.74, 6) is 3.48. The molecule has 0 amide bonds. The van der Waals surface area contributed by atoms with Crippen LogP contribution in [-0.4, -0.2) is 9.78 Å². The summed E-state index contributed by atoms with van der Waals surface area (Å²) in [5.41, 5.74) is 3.72. The Morgan fingerprint density at radius 3 is 2.63 bits per heavy atom. The van der Waals surface area contributed by atoms with Crippen LogP contribution in [0.2, 0.25) is 5.02 Å². The van der Waals surface area contributed by atoms with Crippen molar-refractivity contribution in [1.29, 1.82) is 0 Å². The molecule has 0 saturated heterocycles. The van der Waals surface area contributed by atoms with Crippen molar-refractivity contribution in [3.63, 3.8) is 0 Å². The van der Waals surface area contributed by atoms with Gasteiger partial charge >= 0.3 is 0 Å². The summed E-state index contributed by atoms with van der Waals surface area (Å²) in [6.07, 6.45) is 1.68. The molecule has 102 valence electrons. The average molecular weight is 287 g/mol. The molecule has 1 aromatic heterocycles. The molecule has 3 N–H and O–H groups in total. The van der Waals surface area contributed by atoms with Gasteiger partial charge in [-0.15, -0.1) is 0 Å². The van der Waals surface area contributed by atoms with E-state index in [0.29, 0.717) is 11.3 Å². The molecule has 1 atom stereocenters. The number of nitrogens with two attached hydrogens (primary N) is 1. The van der Waals surface area contributed by atoms with Crippen LogP contribution in [0.25, 0.3) is 0 Å². The van der Waals surface area contributed by atoms with Gasteiger partial charge < -0.3 is 0 Å². The first-order chi connectivity index (χ1) is 8.95. The number of rotatable bonds is 3. The van der Waals surface area contributed by atoms with Gasteiger partial charge in [0.1, 0.15) is 0 Å². The molecule has 0 fully saturated rings. The fourth-order valence-electron chi connectivity index (χ4n) is 2.04. The van der Waals surface area contributed by atoms with Crippen LogP contribution in [0.1, 0.15) is 22.9 Å². The summed E-state index contributed by atoms with van der Waals surface area (Å²) in [7, 11) is 1.73. The van der Waals surface area contributed by atoms with Crippen molar-refractivity contribution in [3.05, 3.63) is 51.8 Å². The third kappa shape index (κ3) is 2.47. The maximum Gasteiger partial charge on any atom is 0.165 e. The Hall–Kier alpha value is -1.50. The number of halogens is 3. The van der Waals surface area contributed by atoms with E-state index in [1.165, 1.54) is 6.07 Å². The van der Waals surface area contributed by atoms with Gasteiger partial charge in [0, 0.05) is 29.4 Å². The number of hydrogen-bond donors (Lipinski definition) is 2. The van der Waals surface area contributed by atoms with E-state index in [0.717, 1.165) is 6.07 Å². The lowest BCUT2D eigenvalue weighted by molar-refractivity contribution is 0.483. The molecule has 0 aliphatic heterocycles. The van der Waals surface area contributed by atoms with E-state index in [9.17, 15) is 8.78 Å². The molecule has 19 heavy (non-hydrogen) atoms. The number of aromatic nitrogens is 2. The predicted octanol–water partition coefficient (Wildman–Crippen LogP) is 2.21. The second-order valence-corrected chi connectivity index (χ2v) is 4.61. The van der Waals surface area contributed by atoms with Crippen LogP contribution in [0.3, 0.4) is 0 Å². The van der Waals surface area contributed by atoms with E-state index in [1.807, 2.05) is 0 Å². The largest absolute Gasteiger partial charge is 0.275 e. The molecule has 1 aromatic carbocycles. The summed E-state index contributed by atoms with van der Waals surface area (Å²) in [4.78, 5) is 0. The third-order valence-corrected chi connectivity index (χ3v) is 3.23. The summed E-state index contributed by atoms with van der Waals surface area (Å²) in [5, 5.41) is 4.25. The Morgan fingerprint density at radius 2 is 2.11 bits per heavy atom. The Kier molecular flexibility index (Phi) is 3.84. The highest BCUT2D eigenvalue weighted by atomic mass is 35.5. The van der Waals surface area contributed by atoms with E-state index in [1.54, 1.807) is 24.9 Å². The number of nitrogens with one attached hydrogen (secondary N) is 1. The zero-order valence-corrected chi connectivity index (χ0v) is 11.2. The van der Waals surface area contributed by atoms with Crippen LogP contribution in [0, 0.1) is 18.6 Å². The number of hydrogen-bond acceptors (Lipinski definition) is 3. The SMILES string of the molecule is Cc1nn(C)cc1C(NN)c1c(Cl)ccc(F)c1F. The lowest BCUT2D eigenvalue weighted by atomic mass is 9.99. The van der Waals surface area contributed by atoms with Crippen molar-refractivity contribution < 1.29 is 8.78 Å².